The number of hydrogen-bond acceptors (Lipinski definition) is 4. The monoisotopic (exact) mass is 266 g/mol. The molecule has 4 nitrogen and oxygen atoms in total. The number of nitrogens with zero attached hydrogens (tertiary/aromatic N) is 1. The van der Waals surface area contributed by atoms with Gasteiger partial charge in [0.05, 0.1) is 12.6 Å². The molecule has 2 heterocycles. The summed E-state index contributed by atoms with van der Waals surface area (Å²) < 4.78 is 11.2. The summed E-state index contributed by atoms with van der Waals surface area (Å²) in [4.78, 5) is 2.39. The van der Waals surface area contributed by atoms with Crippen LogP contribution in [-0.2, 0) is 17.8 Å². The van der Waals surface area contributed by atoms with E-state index in [1.807, 2.05) is 6.92 Å². The van der Waals surface area contributed by atoms with Gasteiger partial charge in [-0.2, -0.15) is 0 Å². The zero-order valence-electron chi connectivity index (χ0n) is 12.5. The smallest absolute Gasteiger partial charge is 0.118 e. The Balaban J connectivity index is 1.89. The Hall–Kier alpha value is -0.840. The van der Waals surface area contributed by atoms with E-state index in [2.05, 4.69) is 30.1 Å². The maximum atomic E-state index is 5.86. The van der Waals surface area contributed by atoms with Gasteiger partial charge in [0.15, 0.2) is 0 Å². The Kier molecular flexibility index (Phi) is 5.02. The topological polar surface area (TPSA) is 37.6 Å². The van der Waals surface area contributed by atoms with Crippen molar-refractivity contribution in [3.05, 3.63) is 23.2 Å². The average molecular weight is 266 g/mol. The van der Waals surface area contributed by atoms with Crippen LogP contribution in [0.15, 0.2) is 10.5 Å². The van der Waals surface area contributed by atoms with Gasteiger partial charge in [-0.3, -0.25) is 4.90 Å². The van der Waals surface area contributed by atoms with Crippen LogP contribution in [0.3, 0.4) is 0 Å². The highest BCUT2D eigenvalue weighted by Crippen LogP contribution is 2.19. The third-order valence-electron chi connectivity index (χ3n) is 3.71. The number of nitrogens with one attached hydrogen (secondary N) is 1. The Morgan fingerprint density at radius 1 is 1.53 bits per heavy atom. The van der Waals surface area contributed by atoms with Crippen LogP contribution >= 0.6 is 0 Å². The van der Waals surface area contributed by atoms with E-state index in [1.54, 1.807) is 7.11 Å². The lowest BCUT2D eigenvalue weighted by molar-refractivity contribution is 0.106. The highest BCUT2D eigenvalue weighted by Gasteiger charge is 2.23. The van der Waals surface area contributed by atoms with E-state index in [0.29, 0.717) is 12.1 Å². The Bertz CT molecular complexity index is 401. The van der Waals surface area contributed by atoms with Gasteiger partial charge in [-0.05, 0) is 19.4 Å². The molecular formula is C15H26N2O2. The van der Waals surface area contributed by atoms with Crippen LogP contribution in [0.25, 0.3) is 0 Å². The second-order valence-electron chi connectivity index (χ2n) is 5.71. The van der Waals surface area contributed by atoms with Gasteiger partial charge in [0.1, 0.15) is 11.5 Å². The number of rotatable bonds is 6. The van der Waals surface area contributed by atoms with Gasteiger partial charge in [-0.15, -0.1) is 0 Å². The van der Waals surface area contributed by atoms with Crippen molar-refractivity contribution in [2.45, 2.75) is 52.4 Å². The fourth-order valence-corrected chi connectivity index (χ4v) is 2.51. The van der Waals surface area contributed by atoms with E-state index in [-0.39, 0.29) is 0 Å². The standard InChI is InChI=1S/C15H26N2O2/c1-11(2)16-8-13-7-15(19-12(13)3)10-17-6-5-14(9-17)18-4/h7,11,14,16H,5-6,8-10H2,1-4H3. The summed E-state index contributed by atoms with van der Waals surface area (Å²) in [6.45, 7) is 10.2. The fourth-order valence-electron chi connectivity index (χ4n) is 2.51. The minimum absolute atomic E-state index is 0.387. The van der Waals surface area contributed by atoms with Crippen molar-refractivity contribution in [3.8, 4) is 0 Å². The van der Waals surface area contributed by atoms with Crippen LogP contribution in [0.4, 0.5) is 0 Å². The number of methoxy groups -OCH3 is 1. The van der Waals surface area contributed by atoms with Gasteiger partial charge in [-0.1, -0.05) is 13.8 Å². The van der Waals surface area contributed by atoms with Crippen molar-refractivity contribution in [1.29, 1.82) is 0 Å². The molecule has 4 heteroatoms. The molecule has 108 valence electrons. The van der Waals surface area contributed by atoms with E-state index in [4.69, 9.17) is 9.15 Å². The maximum Gasteiger partial charge on any atom is 0.118 e. The predicted octanol–water partition coefficient (Wildman–Crippen LogP) is 2.31. The van der Waals surface area contributed by atoms with E-state index in [0.717, 1.165) is 44.1 Å². The van der Waals surface area contributed by atoms with Crippen LogP contribution in [0.2, 0.25) is 0 Å². The third-order valence-corrected chi connectivity index (χ3v) is 3.71. The largest absolute Gasteiger partial charge is 0.465 e. The van der Waals surface area contributed by atoms with Crippen LogP contribution in [-0.4, -0.2) is 37.2 Å². The zero-order valence-corrected chi connectivity index (χ0v) is 12.5. The molecule has 0 amide bonds. The first kappa shape index (κ1) is 14.6. The normalized spacial score (nSPS) is 20.6. The summed E-state index contributed by atoms with van der Waals surface area (Å²) in [5.74, 6) is 2.10. The van der Waals surface area contributed by atoms with Gasteiger partial charge in [0, 0.05) is 38.3 Å². The van der Waals surface area contributed by atoms with Gasteiger partial charge >= 0.3 is 0 Å². The first-order chi connectivity index (χ1) is 9.08. The lowest BCUT2D eigenvalue weighted by Crippen LogP contribution is -2.22. The molecule has 1 aliphatic heterocycles. The molecule has 0 bridgehead atoms. The number of aryl methyl sites for hydroxylation is 1. The Morgan fingerprint density at radius 3 is 2.95 bits per heavy atom. The van der Waals surface area contributed by atoms with Crippen LogP contribution in [0.1, 0.15) is 37.4 Å². The lowest BCUT2D eigenvalue weighted by atomic mass is 10.2. The minimum atomic E-state index is 0.387. The molecule has 1 fully saturated rings. The molecule has 1 N–H and O–H groups in total. The summed E-state index contributed by atoms with van der Waals surface area (Å²) >= 11 is 0. The molecular weight excluding hydrogens is 240 g/mol. The van der Waals surface area contributed by atoms with E-state index in [1.165, 1.54) is 5.56 Å². The molecule has 2 rings (SSSR count). The predicted molar refractivity (Wildman–Crippen MR) is 76.1 cm³/mol. The summed E-state index contributed by atoms with van der Waals surface area (Å²) in [7, 11) is 1.79. The highest BCUT2D eigenvalue weighted by atomic mass is 16.5. The Labute approximate surface area is 116 Å². The van der Waals surface area contributed by atoms with Gasteiger partial charge in [0.2, 0.25) is 0 Å². The van der Waals surface area contributed by atoms with Crippen LogP contribution < -0.4 is 5.32 Å². The molecule has 0 saturated carbocycles. The second kappa shape index (κ2) is 6.55. The molecule has 0 spiro atoms. The fraction of sp³-hybridized carbons (Fsp3) is 0.733. The third kappa shape index (κ3) is 4.06. The number of likely N-dealkylation sites (tertiary alicyclic amines) is 1. The van der Waals surface area contributed by atoms with Crippen molar-refractivity contribution in [3.63, 3.8) is 0 Å². The maximum absolute atomic E-state index is 5.86. The molecule has 0 aliphatic carbocycles. The van der Waals surface area contributed by atoms with Crippen molar-refractivity contribution >= 4 is 0 Å². The lowest BCUT2D eigenvalue weighted by Gasteiger charge is -2.13. The van der Waals surface area contributed by atoms with Gasteiger partial charge in [0.25, 0.3) is 0 Å². The molecule has 1 aromatic heterocycles. The molecule has 1 unspecified atom stereocenters. The quantitative estimate of drug-likeness (QED) is 0.857. The first-order valence-electron chi connectivity index (χ1n) is 7.15. The summed E-state index contributed by atoms with van der Waals surface area (Å²) in [5.41, 5.74) is 1.27. The van der Waals surface area contributed by atoms with Gasteiger partial charge in [-0.25, -0.2) is 0 Å². The average Bonchev–Trinajstić information content (AvgIpc) is 2.94. The van der Waals surface area contributed by atoms with Gasteiger partial charge < -0.3 is 14.5 Å². The molecule has 0 aromatic carbocycles. The van der Waals surface area contributed by atoms with E-state index < -0.39 is 0 Å². The van der Waals surface area contributed by atoms with Crippen LogP contribution in [0.5, 0.6) is 0 Å². The van der Waals surface area contributed by atoms with Crippen LogP contribution in [0, 0.1) is 6.92 Å². The summed E-state index contributed by atoms with van der Waals surface area (Å²) in [5, 5.41) is 3.43. The van der Waals surface area contributed by atoms with Crippen molar-refractivity contribution < 1.29 is 9.15 Å². The van der Waals surface area contributed by atoms with Crippen molar-refractivity contribution in [2.75, 3.05) is 20.2 Å². The van der Waals surface area contributed by atoms with E-state index in [9.17, 15) is 0 Å². The first-order valence-corrected chi connectivity index (χ1v) is 7.15. The SMILES string of the molecule is COC1CCN(Cc2cc(CNC(C)C)c(C)o2)C1. The second-order valence-corrected chi connectivity index (χ2v) is 5.71. The molecule has 0 radical (unpaired) electrons. The number of furan rings is 1. The number of hydrogen-bond donors (Lipinski definition) is 1. The minimum Gasteiger partial charge on any atom is -0.465 e. The number of ether oxygens (including phenoxy) is 1. The molecule has 1 atom stereocenters. The zero-order chi connectivity index (χ0) is 13.8. The van der Waals surface area contributed by atoms with Crippen molar-refractivity contribution in [2.24, 2.45) is 0 Å². The summed E-state index contributed by atoms with van der Waals surface area (Å²) in [6, 6.07) is 2.68. The highest BCUT2D eigenvalue weighted by molar-refractivity contribution is 5.20. The summed E-state index contributed by atoms with van der Waals surface area (Å²) in [6.07, 6.45) is 1.51. The molecule has 1 aromatic rings. The van der Waals surface area contributed by atoms with E-state index >= 15 is 0 Å². The molecule has 1 aliphatic rings. The molecule has 19 heavy (non-hydrogen) atoms. The molecule has 1 saturated heterocycles. The van der Waals surface area contributed by atoms with Crippen molar-refractivity contribution in [1.82, 2.24) is 10.2 Å². The Morgan fingerprint density at radius 2 is 2.32 bits per heavy atom.